The predicted octanol–water partition coefficient (Wildman–Crippen LogP) is 12.3. The number of rotatable bonds is 38. The molecule has 12 nitrogen and oxygen atoms in total. The SMILES string of the molecule is CCCCCCCCCCCCCCCCC[CH2][Sn]1([O]C(=O)/C=C/C(=O)[O][Sn]2([CH2]CCCCCCCCCCCCCCCCC)[O]C(=O)C=CC(=O)[O]2)[O]C(=O)C=CC(=O)[O]1. The molecular weight excluding hydrogens is 1010 g/mol. The van der Waals surface area contributed by atoms with Gasteiger partial charge in [0.1, 0.15) is 0 Å². The zero-order valence-corrected chi connectivity index (χ0v) is 44.1. The van der Waals surface area contributed by atoms with Crippen LogP contribution in [0.15, 0.2) is 36.5 Å². The van der Waals surface area contributed by atoms with Gasteiger partial charge in [0, 0.05) is 0 Å². The molecule has 62 heavy (non-hydrogen) atoms. The number of carbonyl (C=O) groups is 6. The second-order valence-electron chi connectivity index (χ2n) is 17.0. The van der Waals surface area contributed by atoms with Gasteiger partial charge in [-0.25, -0.2) is 0 Å². The molecule has 0 spiro atoms. The molecule has 0 aromatic carbocycles. The van der Waals surface area contributed by atoms with Crippen molar-refractivity contribution in [3.8, 4) is 0 Å². The van der Waals surface area contributed by atoms with E-state index in [1.807, 2.05) is 0 Å². The third-order valence-corrected chi connectivity index (χ3v) is 25.6. The molecule has 0 unspecified atom stereocenters. The first-order valence-electron chi connectivity index (χ1n) is 24.5. The van der Waals surface area contributed by atoms with Crippen LogP contribution < -0.4 is 0 Å². The Balaban J connectivity index is 1.78. The van der Waals surface area contributed by atoms with Crippen LogP contribution in [0.4, 0.5) is 0 Å². The summed E-state index contributed by atoms with van der Waals surface area (Å²) in [6.07, 6.45) is 42.9. The molecule has 0 bridgehead atoms. The maximum absolute atomic E-state index is 13.1. The predicted molar refractivity (Wildman–Crippen MR) is 244 cm³/mol. The van der Waals surface area contributed by atoms with Crippen LogP contribution >= 0.6 is 0 Å². The summed E-state index contributed by atoms with van der Waals surface area (Å²) in [4.78, 5) is 75.7. The van der Waals surface area contributed by atoms with Gasteiger partial charge in [-0.3, -0.25) is 0 Å². The number of hydrogen-bond donors (Lipinski definition) is 0. The fourth-order valence-electron chi connectivity index (χ4n) is 7.74. The molecule has 0 amide bonds. The van der Waals surface area contributed by atoms with E-state index in [0.717, 1.165) is 87.8 Å². The molecule has 0 saturated heterocycles. The standard InChI is InChI=1S/2C18H37.3C4H4O4.2Sn/c2*1-3-5-7-9-11-13-15-17-18-16-14-12-10-8-6-4-2;3*5-3(6)1-2-4(7)8;;/h2*1,3-18H2,2H3;3*1-2H,(H,5,6)(H,7,8);;/q;;;;;2*+3/p-6/b;;2-1+;;;;. The maximum atomic E-state index is 13.1. The fraction of sp³-hybridized carbons (Fsp3) is 0.750. The van der Waals surface area contributed by atoms with Crippen LogP contribution in [0.3, 0.4) is 0 Å². The minimum absolute atomic E-state index is 0.105. The van der Waals surface area contributed by atoms with Crippen molar-refractivity contribution >= 4 is 75.1 Å². The van der Waals surface area contributed by atoms with Gasteiger partial charge in [-0.2, -0.15) is 0 Å². The first kappa shape index (κ1) is 55.8. The average molecular weight is 1090 g/mol. The van der Waals surface area contributed by atoms with Crippen LogP contribution in [0, 0.1) is 0 Å². The summed E-state index contributed by atoms with van der Waals surface area (Å²) < 4.78 is 33.4. The third kappa shape index (κ3) is 28.4. The van der Waals surface area contributed by atoms with Gasteiger partial charge in [0.25, 0.3) is 0 Å². The Hall–Kier alpha value is -2.36. The molecule has 0 aliphatic carbocycles. The Morgan fingerprint density at radius 2 is 0.565 bits per heavy atom. The van der Waals surface area contributed by atoms with Crippen molar-refractivity contribution < 1.29 is 47.2 Å². The Kier molecular flexibility index (Phi) is 32.3. The molecule has 352 valence electrons. The van der Waals surface area contributed by atoms with Gasteiger partial charge in [0.15, 0.2) is 0 Å². The van der Waals surface area contributed by atoms with Crippen LogP contribution in [0.2, 0.25) is 8.87 Å². The molecule has 0 radical (unpaired) electrons. The summed E-state index contributed by atoms with van der Waals surface area (Å²) in [7, 11) is 0. The minimum atomic E-state index is -5.13. The molecule has 14 heteroatoms. The van der Waals surface area contributed by atoms with Crippen LogP contribution in [0.25, 0.3) is 0 Å². The molecule has 0 saturated carbocycles. The van der Waals surface area contributed by atoms with Gasteiger partial charge in [-0.1, -0.05) is 78.1 Å². The van der Waals surface area contributed by atoms with E-state index >= 15 is 0 Å². The summed E-state index contributed by atoms with van der Waals surface area (Å²) in [5, 5.41) is 0. The van der Waals surface area contributed by atoms with Crippen LogP contribution in [-0.2, 0) is 47.2 Å². The van der Waals surface area contributed by atoms with E-state index in [2.05, 4.69) is 13.8 Å². The molecule has 0 atom stereocenters. The van der Waals surface area contributed by atoms with Gasteiger partial charge < -0.3 is 0 Å². The first-order valence-corrected chi connectivity index (χ1v) is 35.6. The number of unbranched alkanes of at least 4 members (excludes halogenated alkanes) is 30. The molecule has 2 aliphatic heterocycles. The molecule has 0 fully saturated rings. The van der Waals surface area contributed by atoms with E-state index in [0.29, 0.717) is 12.8 Å². The monoisotopic (exact) mass is 1090 g/mol. The van der Waals surface area contributed by atoms with Gasteiger partial charge in [-0.15, -0.1) is 0 Å². The van der Waals surface area contributed by atoms with Gasteiger partial charge in [0.2, 0.25) is 0 Å². The van der Waals surface area contributed by atoms with E-state index < -0.39 is 75.1 Å². The summed E-state index contributed by atoms with van der Waals surface area (Å²) >= 11 is -10.3. The number of carbonyl (C=O) groups excluding carboxylic acids is 6. The zero-order chi connectivity index (χ0) is 45.0. The van der Waals surface area contributed by atoms with Crippen LogP contribution in [0.1, 0.15) is 219 Å². The Bertz CT molecular complexity index is 1250. The van der Waals surface area contributed by atoms with E-state index in [1.54, 1.807) is 0 Å². The topological polar surface area (TPSA) is 158 Å². The van der Waals surface area contributed by atoms with E-state index in [1.165, 1.54) is 141 Å². The molecule has 2 heterocycles. The zero-order valence-electron chi connectivity index (χ0n) is 38.4. The Morgan fingerprint density at radius 3 is 0.774 bits per heavy atom. The van der Waals surface area contributed by atoms with Crippen molar-refractivity contribution in [3.63, 3.8) is 0 Å². The van der Waals surface area contributed by atoms with Gasteiger partial charge in [-0.05, 0) is 0 Å². The first-order chi connectivity index (χ1) is 30.1. The van der Waals surface area contributed by atoms with Crippen molar-refractivity contribution in [2.24, 2.45) is 0 Å². The van der Waals surface area contributed by atoms with Crippen molar-refractivity contribution in [1.29, 1.82) is 0 Å². The normalized spacial score (nSPS) is 15.7. The molecule has 0 N–H and O–H groups in total. The Morgan fingerprint density at radius 1 is 0.371 bits per heavy atom. The number of hydrogen-bond acceptors (Lipinski definition) is 12. The van der Waals surface area contributed by atoms with Crippen molar-refractivity contribution in [2.75, 3.05) is 0 Å². The van der Waals surface area contributed by atoms with Crippen molar-refractivity contribution in [3.05, 3.63) is 36.5 Å². The molecule has 2 rings (SSSR count). The van der Waals surface area contributed by atoms with Crippen LogP contribution in [-0.4, -0.2) is 75.1 Å². The Labute approximate surface area is 384 Å². The molecular formula is C48H80O12Sn2. The van der Waals surface area contributed by atoms with Gasteiger partial charge in [0.05, 0.1) is 0 Å². The molecule has 0 aromatic heterocycles. The van der Waals surface area contributed by atoms with E-state index in [4.69, 9.17) is 18.4 Å². The average Bonchev–Trinajstić information content (AvgIpc) is 3.47. The van der Waals surface area contributed by atoms with Crippen LogP contribution in [0.5, 0.6) is 0 Å². The quantitative estimate of drug-likeness (QED) is 0.0328. The molecule has 2 aliphatic rings. The third-order valence-electron chi connectivity index (χ3n) is 11.3. The summed E-state index contributed by atoms with van der Waals surface area (Å²) in [5.41, 5.74) is 0. The second kappa shape index (κ2) is 35.9. The van der Waals surface area contributed by atoms with E-state index in [-0.39, 0.29) is 8.87 Å². The summed E-state index contributed by atoms with van der Waals surface area (Å²) in [6, 6.07) is 0. The van der Waals surface area contributed by atoms with Crippen molar-refractivity contribution in [2.45, 2.75) is 228 Å². The van der Waals surface area contributed by atoms with E-state index in [9.17, 15) is 28.8 Å². The van der Waals surface area contributed by atoms with Crippen molar-refractivity contribution in [1.82, 2.24) is 0 Å². The summed E-state index contributed by atoms with van der Waals surface area (Å²) in [6.45, 7) is 4.49. The second-order valence-corrected chi connectivity index (χ2v) is 31.1. The summed E-state index contributed by atoms with van der Waals surface area (Å²) in [5.74, 6) is -5.47. The molecule has 0 aromatic rings. The van der Waals surface area contributed by atoms with Gasteiger partial charge >= 0.3 is 309 Å². The fourth-order valence-corrected chi connectivity index (χ4v) is 20.5.